The molecule has 0 bridgehead atoms. The standard InChI is InChI=1S/C45H30F6N2/c46-44(47,48)43(45(49,50)51)39-29-33(31-13-5-1-6-14-31)23-27-41(39)53(37-19-11-4-12-20-37)42-28-24-34(30-40(42)43)32-21-25-38(26-22-32)52(35-15-7-2-8-16-35)36-17-9-3-10-18-36/h1-30H. The van der Waals surface area contributed by atoms with Crippen molar-refractivity contribution >= 4 is 34.1 Å². The van der Waals surface area contributed by atoms with Crippen LogP contribution in [0.2, 0.25) is 0 Å². The Morgan fingerprint density at radius 2 is 0.736 bits per heavy atom. The highest BCUT2D eigenvalue weighted by Crippen LogP contribution is 2.64. The van der Waals surface area contributed by atoms with E-state index in [0.717, 1.165) is 29.2 Å². The molecule has 2 nitrogen and oxygen atoms in total. The minimum absolute atomic E-state index is 0.197. The second-order valence-electron chi connectivity index (χ2n) is 12.8. The lowest BCUT2D eigenvalue weighted by atomic mass is 9.68. The fraction of sp³-hybridized carbons (Fsp3) is 0.0667. The van der Waals surface area contributed by atoms with Gasteiger partial charge >= 0.3 is 12.4 Å². The lowest BCUT2D eigenvalue weighted by Gasteiger charge is -2.47. The zero-order chi connectivity index (χ0) is 36.8. The average Bonchev–Trinajstić information content (AvgIpc) is 3.17. The van der Waals surface area contributed by atoms with E-state index in [4.69, 9.17) is 0 Å². The fourth-order valence-corrected chi connectivity index (χ4v) is 7.36. The van der Waals surface area contributed by atoms with Crippen molar-refractivity contribution in [2.45, 2.75) is 17.8 Å². The Labute approximate surface area is 302 Å². The molecule has 7 aromatic rings. The molecule has 0 radical (unpaired) electrons. The molecule has 0 N–H and O–H groups in total. The summed E-state index contributed by atoms with van der Waals surface area (Å²) in [6, 6.07) is 51.3. The van der Waals surface area contributed by atoms with Gasteiger partial charge in [-0.2, -0.15) is 26.3 Å². The largest absolute Gasteiger partial charge is 0.411 e. The van der Waals surface area contributed by atoms with Crippen LogP contribution < -0.4 is 9.80 Å². The van der Waals surface area contributed by atoms with Gasteiger partial charge in [0.15, 0.2) is 0 Å². The third kappa shape index (κ3) is 5.71. The number of halogens is 6. The van der Waals surface area contributed by atoms with Gasteiger partial charge in [0.1, 0.15) is 0 Å². The van der Waals surface area contributed by atoms with Gasteiger partial charge < -0.3 is 9.80 Å². The molecule has 262 valence electrons. The highest BCUT2D eigenvalue weighted by atomic mass is 19.4. The molecule has 1 aliphatic heterocycles. The van der Waals surface area contributed by atoms with E-state index < -0.39 is 28.9 Å². The molecule has 0 amide bonds. The highest BCUT2D eigenvalue weighted by molar-refractivity contribution is 5.90. The van der Waals surface area contributed by atoms with Crippen LogP contribution in [0.3, 0.4) is 0 Å². The predicted octanol–water partition coefficient (Wildman–Crippen LogP) is 13.7. The maximum Gasteiger partial charge on any atom is 0.411 e. The SMILES string of the molecule is FC(F)(F)C1(C(F)(F)F)c2cc(-c3ccccc3)ccc2N(c2ccccc2)c2ccc(-c3ccc(N(c4ccccc4)c4ccccc4)cc3)cc21. The molecule has 1 aliphatic rings. The first-order valence-electron chi connectivity index (χ1n) is 16.9. The zero-order valence-electron chi connectivity index (χ0n) is 28.0. The summed E-state index contributed by atoms with van der Waals surface area (Å²) in [7, 11) is 0. The molecule has 0 aliphatic carbocycles. The van der Waals surface area contributed by atoms with Crippen molar-refractivity contribution in [2.75, 3.05) is 9.80 Å². The van der Waals surface area contributed by atoms with Gasteiger partial charge in [0.2, 0.25) is 5.41 Å². The van der Waals surface area contributed by atoms with Crippen molar-refractivity contribution in [3.8, 4) is 22.3 Å². The number of benzene rings is 7. The van der Waals surface area contributed by atoms with Crippen LogP contribution >= 0.6 is 0 Å². The summed E-state index contributed by atoms with van der Waals surface area (Å²) in [5.41, 5.74) is -2.13. The number of nitrogens with zero attached hydrogens (tertiary/aromatic N) is 2. The average molecular weight is 713 g/mol. The number of para-hydroxylation sites is 3. The monoisotopic (exact) mass is 712 g/mol. The molecule has 7 aromatic carbocycles. The molecule has 53 heavy (non-hydrogen) atoms. The maximum atomic E-state index is 15.8. The topological polar surface area (TPSA) is 6.48 Å². The molecule has 0 unspecified atom stereocenters. The molecule has 0 aromatic heterocycles. The van der Waals surface area contributed by atoms with Crippen molar-refractivity contribution in [1.29, 1.82) is 0 Å². The molecule has 8 heteroatoms. The highest BCUT2D eigenvalue weighted by Gasteiger charge is 2.75. The van der Waals surface area contributed by atoms with Crippen LogP contribution in [0.15, 0.2) is 182 Å². The van der Waals surface area contributed by atoms with E-state index in [-0.39, 0.29) is 22.5 Å². The van der Waals surface area contributed by atoms with Crippen LogP contribution in [0.1, 0.15) is 11.1 Å². The first kappa shape index (κ1) is 33.8. The van der Waals surface area contributed by atoms with Crippen LogP contribution in [-0.4, -0.2) is 12.4 Å². The van der Waals surface area contributed by atoms with Crippen LogP contribution in [0, 0.1) is 0 Å². The van der Waals surface area contributed by atoms with Gasteiger partial charge in [-0.05, 0) is 95.1 Å². The number of hydrogen-bond acceptors (Lipinski definition) is 2. The Morgan fingerprint density at radius 3 is 1.17 bits per heavy atom. The third-order valence-corrected chi connectivity index (χ3v) is 9.74. The summed E-state index contributed by atoms with van der Waals surface area (Å²) >= 11 is 0. The Hall–Kier alpha value is -6.28. The zero-order valence-corrected chi connectivity index (χ0v) is 28.0. The molecule has 0 atom stereocenters. The van der Waals surface area contributed by atoms with Gasteiger partial charge in [0.25, 0.3) is 0 Å². The molecular formula is C45H30F6N2. The summed E-state index contributed by atoms with van der Waals surface area (Å²) in [5.74, 6) is 0. The van der Waals surface area contributed by atoms with E-state index in [1.807, 2.05) is 77.7 Å². The Kier molecular flexibility index (Phi) is 8.33. The molecule has 0 saturated heterocycles. The van der Waals surface area contributed by atoms with E-state index >= 15 is 26.3 Å². The second kappa shape index (κ2) is 13.0. The van der Waals surface area contributed by atoms with Crippen molar-refractivity contribution in [2.24, 2.45) is 0 Å². The number of alkyl halides is 6. The van der Waals surface area contributed by atoms with Crippen LogP contribution in [0.5, 0.6) is 0 Å². The third-order valence-electron chi connectivity index (χ3n) is 9.74. The van der Waals surface area contributed by atoms with Crippen LogP contribution in [-0.2, 0) is 5.41 Å². The van der Waals surface area contributed by atoms with Crippen LogP contribution in [0.4, 0.5) is 60.5 Å². The van der Waals surface area contributed by atoms with E-state index in [1.165, 1.54) is 17.0 Å². The summed E-state index contributed by atoms with van der Waals surface area (Å²) < 4.78 is 94.6. The first-order valence-corrected chi connectivity index (χ1v) is 16.9. The van der Waals surface area contributed by atoms with Gasteiger partial charge in [0, 0.05) is 33.9 Å². The number of anilines is 6. The number of fused-ring (bicyclic) bond motifs is 2. The fourth-order valence-electron chi connectivity index (χ4n) is 7.36. The summed E-state index contributed by atoms with van der Waals surface area (Å²) in [6.45, 7) is 0. The number of rotatable bonds is 6. The maximum absolute atomic E-state index is 15.8. The minimum Gasteiger partial charge on any atom is -0.311 e. The van der Waals surface area contributed by atoms with E-state index in [9.17, 15) is 0 Å². The summed E-state index contributed by atoms with van der Waals surface area (Å²) in [4.78, 5) is 3.51. The molecule has 1 heterocycles. The van der Waals surface area contributed by atoms with E-state index in [1.54, 1.807) is 84.9 Å². The first-order chi connectivity index (χ1) is 25.6. The minimum atomic E-state index is -5.76. The second-order valence-corrected chi connectivity index (χ2v) is 12.8. The van der Waals surface area contributed by atoms with Gasteiger partial charge in [-0.3, -0.25) is 0 Å². The lowest BCUT2D eigenvalue weighted by molar-refractivity contribution is -0.288. The Balaban J connectivity index is 1.34. The molecule has 8 rings (SSSR count). The number of hydrogen-bond donors (Lipinski definition) is 0. The lowest BCUT2D eigenvalue weighted by Crippen LogP contribution is -2.57. The van der Waals surface area contributed by atoms with Crippen LogP contribution in [0.25, 0.3) is 22.3 Å². The van der Waals surface area contributed by atoms with E-state index in [0.29, 0.717) is 16.8 Å². The summed E-state index contributed by atoms with van der Waals surface area (Å²) in [5, 5.41) is 0. The van der Waals surface area contributed by atoms with Crippen molar-refractivity contribution in [3.63, 3.8) is 0 Å². The van der Waals surface area contributed by atoms with Crippen molar-refractivity contribution in [1.82, 2.24) is 0 Å². The Morgan fingerprint density at radius 1 is 0.377 bits per heavy atom. The summed E-state index contributed by atoms with van der Waals surface area (Å²) in [6.07, 6.45) is -11.5. The van der Waals surface area contributed by atoms with E-state index in [2.05, 4.69) is 0 Å². The molecular weight excluding hydrogens is 682 g/mol. The molecule has 0 fully saturated rings. The van der Waals surface area contributed by atoms with Gasteiger partial charge in [-0.15, -0.1) is 0 Å². The quantitative estimate of drug-likeness (QED) is 0.158. The smallest absolute Gasteiger partial charge is 0.311 e. The molecule has 0 spiro atoms. The Bertz CT molecular complexity index is 2300. The normalized spacial score (nSPS) is 13.6. The van der Waals surface area contributed by atoms with Crippen molar-refractivity contribution in [3.05, 3.63) is 193 Å². The van der Waals surface area contributed by atoms with Crippen molar-refractivity contribution < 1.29 is 26.3 Å². The van der Waals surface area contributed by atoms with Gasteiger partial charge in [0.05, 0.1) is 11.4 Å². The predicted molar refractivity (Wildman–Crippen MR) is 200 cm³/mol. The van der Waals surface area contributed by atoms with Gasteiger partial charge in [-0.1, -0.05) is 109 Å². The molecule has 0 saturated carbocycles. The van der Waals surface area contributed by atoms with Gasteiger partial charge in [-0.25, -0.2) is 0 Å².